The lowest BCUT2D eigenvalue weighted by Crippen LogP contribution is -2.50. The third kappa shape index (κ3) is 3.07. The maximum Gasteiger partial charge on any atom is 0.335 e. The highest BCUT2D eigenvalue weighted by atomic mass is 16.5. The van der Waals surface area contributed by atoms with Gasteiger partial charge in [-0.2, -0.15) is 0 Å². The van der Waals surface area contributed by atoms with Crippen molar-refractivity contribution in [1.82, 2.24) is 4.90 Å². The first-order valence-electron chi connectivity index (χ1n) is 6.73. The molecule has 2 rings (SSSR count). The number of hydrogen-bond donors (Lipinski definition) is 1. The van der Waals surface area contributed by atoms with Gasteiger partial charge in [-0.3, -0.25) is 4.90 Å². The number of aromatic carboxylic acids is 1. The van der Waals surface area contributed by atoms with Crippen molar-refractivity contribution in [3.8, 4) is 5.75 Å². The Morgan fingerprint density at radius 2 is 1.74 bits per heavy atom. The quantitative estimate of drug-likeness (QED) is 0.848. The van der Waals surface area contributed by atoms with Crippen molar-refractivity contribution in [1.29, 1.82) is 0 Å². The molecule has 0 aromatic heterocycles. The predicted molar refractivity (Wildman–Crippen MR) is 73.5 cm³/mol. The fraction of sp³-hybridized carbons (Fsp3) is 0.533. The molecule has 1 aromatic carbocycles. The minimum atomic E-state index is -0.911. The average Bonchev–Trinajstić information content (AvgIpc) is 2.40. The van der Waals surface area contributed by atoms with Crippen LogP contribution >= 0.6 is 0 Å². The number of carboxylic acids is 1. The molecule has 0 amide bonds. The Labute approximate surface area is 114 Å². The summed E-state index contributed by atoms with van der Waals surface area (Å²) < 4.78 is 6.17. The van der Waals surface area contributed by atoms with Crippen LogP contribution in [0, 0.1) is 0 Å². The lowest BCUT2D eigenvalue weighted by Gasteiger charge is -2.42. The highest BCUT2D eigenvalue weighted by Crippen LogP contribution is 2.34. The molecule has 0 spiro atoms. The molecule has 1 aliphatic rings. The molecule has 0 unspecified atom stereocenters. The second kappa shape index (κ2) is 5.61. The number of benzene rings is 1. The normalized spacial score (nSPS) is 18.3. The number of carboxylic acid groups (broad SMARTS) is 1. The van der Waals surface area contributed by atoms with E-state index in [-0.39, 0.29) is 11.3 Å². The summed E-state index contributed by atoms with van der Waals surface area (Å²) in [4.78, 5) is 13.0. The maximum absolute atomic E-state index is 10.8. The number of nitrogens with zero attached hydrogens (tertiary/aromatic N) is 1. The first kappa shape index (κ1) is 13.9. The van der Waals surface area contributed by atoms with E-state index in [0.717, 1.165) is 18.6 Å². The van der Waals surface area contributed by atoms with E-state index in [9.17, 15) is 4.79 Å². The van der Waals surface area contributed by atoms with Crippen LogP contribution in [0.25, 0.3) is 0 Å². The van der Waals surface area contributed by atoms with E-state index in [1.165, 1.54) is 19.3 Å². The van der Waals surface area contributed by atoms with Crippen molar-refractivity contribution in [2.75, 3.05) is 14.1 Å². The van der Waals surface area contributed by atoms with Crippen LogP contribution < -0.4 is 4.74 Å². The van der Waals surface area contributed by atoms with Gasteiger partial charge in [0.25, 0.3) is 0 Å². The van der Waals surface area contributed by atoms with Crippen LogP contribution in [-0.2, 0) is 0 Å². The summed E-state index contributed by atoms with van der Waals surface area (Å²) in [7, 11) is 4.08. The van der Waals surface area contributed by atoms with Crippen LogP contribution in [0.5, 0.6) is 5.75 Å². The fourth-order valence-electron chi connectivity index (χ4n) is 2.63. The van der Waals surface area contributed by atoms with Gasteiger partial charge < -0.3 is 9.84 Å². The van der Waals surface area contributed by atoms with Crippen molar-refractivity contribution in [3.05, 3.63) is 29.8 Å². The van der Waals surface area contributed by atoms with Gasteiger partial charge in [0, 0.05) is 12.8 Å². The fourth-order valence-corrected chi connectivity index (χ4v) is 2.63. The van der Waals surface area contributed by atoms with Gasteiger partial charge in [0.1, 0.15) is 5.75 Å². The van der Waals surface area contributed by atoms with Crippen molar-refractivity contribution in [2.45, 2.75) is 37.8 Å². The third-order valence-corrected chi connectivity index (χ3v) is 3.86. The molecule has 1 saturated carbocycles. The molecule has 0 saturated heterocycles. The second-order valence-electron chi connectivity index (χ2n) is 5.33. The molecule has 0 bridgehead atoms. The van der Waals surface area contributed by atoms with Crippen LogP contribution in [0.15, 0.2) is 24.3 Å². The van der Waals surface area contributed by atoms with Gasteiger partial charge in [-0.15, -0.1) is 0 Å². The Morgan fingerprint density at radius 3 is 2.21 bits per heavy atom. The number of carbonyl (C=O) groups is 1. The minimum absolute atomic E-state index is 0.247. The van der Waals surface area contributed by atoms with Crippen LogP contribution in [0.1, 0.15) is 42.5 Å². The molecule has 1 fully saturated rings. The van der Waals surface area contributed by atoms with Gasteiger partial charge in [-0.05, 0) is 51.2 Å². The van der Waals surface area contributed by atoms with Crippen LogP contribution in [0.3, 0.4) is 0 Å². The van der Waals surface area contributed by atoms with E-state index >= 15 is 0 Å². The summed E-state index contributed by atoms with van der Waals surface area (Å²) in [6, 6.07) is 6.65. The highest BCUT2D eigenvalue weighted by Gasteiger charge is 2.36. The molecule has 0 atom stereocenters. The molecule has 4 heteroatoms. The zero-order valence-corrected chi connectivity index (χ0v) is 11.6. The van der Waals surface area contributed by atoms with Crippen molar-refractivity contribution >= 4 is 5.97 Å². The summed E-state index contributed by atoms with van der Waals surface area (Å²) in [5.41, 5.74) is 0.0399. The Balaban J connectivity index is 2.15. The van der Waals surface area contributed by atoms with Gasteiger partial charge in [0.05, 0.1) is 5.56 Å². The molecular formula is C15H21NO3. The van der Waals surface area contributed by atoms with E-state index < -0.39 is 5.97 Å². The van der Waals surface area contributed by atoms with Crippen LogP contribution in [-0.4, -0.2) is 35.8 Å². The monoisotopic (exact) mass is 263 g/mol. The third-order valence-electron chi connectivity index (χ3n) is 3.86. The summed E-state index contributed by atoms with van der Waals surface area (Å²) in [6.45, 7) is 0. The summed E-state index contributed by atoms with van der Waals surface area (Å²) in [6.07, 6.45) is 5.63. The summed E-state index contributed by atoms with van der Waals surface area (Å²) in [5.74, 6) is -0.174. The van der Waals surface area contributed by atoms with E-state index in [2.05, 4.69) is 4.90 Å². The van der Waals surface area contributed by atoms with Gasteiger partial charge in [-0.25, -0.2) is 4.79 Å². The molecule has 0 heterocycles. The smallest absolute Gasteiger partial charge is 0.335 e. The number of hydrogen-bond acceptors (Lipinski definition) is 3. The molecule has 0 aliphatic heterocycles. The molecule has 104 valence electrons. The second-order valence-corrected chi connectivity index (χ2v) is 5.33. The topological polar surface area (TPSA) is 49.8 Å². The largest absolute Gasteiger partial charge is 0.478 e. The Hall–Kier alpha value is -1.55. The zero-order valence-electron chi connectivity index (χ0n) is 11.6. The van der Waals surface area contributed by atoms with Gasteiger partial charge in [0.2, 0.25) is 0 Å². The number of ether oxygens (including phenoxy) is 1. The van der Waals surface area contributed by atoms with Gasteiger partial charge >= 0.3 is 5.97 Å². The first-order valence-corrected chi connectivity index (χ1v) is 6.73. The molecular weight excluding hydrogens is 242 g/mol. The first-order chi connectivity index (χ1) is 9.03. The SMILES string of the molecule is CN(C)C1(Oc2ccc(C(=O)O)cc2)CCCCC1. The van der Waals surface area contributed by atoms with E-state index in [1.54, 1.807) is 24.3 Å². The van der Waals surface area contributed by atoms with E-state index in [4.69, 9.17) is 9.84 Å². The minimum Gasteiger partial charge on any atom is -0.478 e. The lowest BCUT2D eigenvalue weighted by atomic mass is 9.90. The standard InChI is InChI=1S/C15H21NO3/c1-16(2)15(10-4-3-5-11-15)19-13-8-6-12(7-9-13)14(17)18/h6-9H,3-5,10-11H2,1-2H3,(H,17,18). The summed E-state index contributed by atoms with van der Waals surface area (Å²) in [5, 5.41) is 8.89. The van der Waals surface area contributed by atoms with E-state index in [0.29, 0.717) is 0 Å². The highest BCUT2D eigenvalue weighted by molar-refractivity contribution is 5.87. The molecule has 1 aromatic rings. The van der Waals surface area contributed by atoms with Crippen LogP contribution in [0.2, 0.25) is 0 Å². The Bertz CT molecular complexity index is 433. The molecule has 1 aliphatic carbocycles. The summed E-state index contributed by atoms with van der Waals surface area (Å²) >= 11 is 0. The van der Waals surface area contributed by atoms with Crippen LogP contribution in [0.4, 0.5) is 0 Å². The van der Waals surface area contributed by atoms with Gasteiger partial charge in [-0.1, -0.05) is 6.42 Å². The van der Waals surface area contributed by atoms with Gasteiger partial charge in [0.15, 0.2) is 5.72 Å². The Morgan fingerprint density at radius 1 is 1.16 bits per heavy atom. The average molecular weight is 263 g/mol. The van der Waals surface area contributed by atoms with Crippen molar-refractivity contribution < 1.29 is 14.6 Å². The van der Waals surface area contributed by atoms with Crippen molar-refractivity contribution in [3.63, 3.8) is 0 Å². The number of rotatable bonds is 4. The Kier molecular flexibility index (Phi) is 4.10. The maximum atomic E-state index is 10.8. The predicted octanol–water partition coefficient (Wildman–Crippen LogP) is 2.99. The molecule has 1 N–H and O–H groups in total. The zero-order chi connectivity index (χ0) is 13.9. The lowest BCUT2D eigenvalue weighted by molar-refractivity contribution is -0.0845. The van der Waals surface area contributed by atoms with E-state index in [1.807, 2.05) is 14.1 Å². The van der Waals surface area contributed by atoms with Crippen molar-refractivity contribution in [2.24, 2.45) is 0 Å². The molecule has 4 nitrogen and oxygen atoms in total. The molecule has 19 heavy (non-hydrogen) atoms. The molecule has 0 radical (unpaired) electrons.